The van der Waals surface area contributed by atoms with Crippen LogP contribution in [0.5, 0.6) is 0 Å². The van der Waals surface area contributed by atoms with E-state index in [2.05, 4.69) is 15.5 Å². The third-order valence-corrected chi connectivity index (χ3v) is 5.14. The molecule has 0 saturated carbocycles. The first-order valence-corrected chi connectivity index (χ1v) is 9.92. The molecule has 4 aromatic rings. The van der Waals surface area contributed by atoms with E-state index < -0.39 is 23.5 Å². The van der Waals surface area contributed by atoms with Crippen molar-refractivity contribution in [3.63, 3.8) is 0 Å². The Bertz CT molecular complexity index is 1310. The molecule has 2 aromatic carbocycles. The Morgan fingerprint density at radius 1 is 1.06 bits per heavy atom. The van der Waals surface area contributed by atoms with Gasteiger partial charge in [-0.25, -0.2) is 4.39 Å². The standard InChI is InChI=1S/C23H14ClF4N3O2/c24-17-4-2-1-3-14(17)11-19(32)30-22-20(13-7-9-29-10-8-13)21(31-33-22)16-6-5-15(12-18(16)25)23(26,27)28/h1-10,12H,11H2,(H,30,32). The van der Waals surface area contributed by atoms with Crippen LogP contribution in [0.2, 0.25) is 5.02 Å². The Balaban J connectivity index is 1.73. The Morgan fingerprint density at radius 3 is 2.45 bits per heavy atom. The number of rotatable bonds is 5. The second kappa shape index (κ2) is 9.03. The zero-order valence-corrected chi connectivity index (χ0v) is 17.4. The van der Waals surface area contributed by atoms with Gasteiger partial charge in [-0.2, -0.15) is 13.2 Å². The summed E-state index contributed by atoms with van der Waals surface area (Å²) >= 11 is 6.10. The van der Waals surface area contributed by atoms with Gasteiger partial charge in [-0.15, -0.1) is 0 Å². The number of pyridine rings is 1. The van der Waals surface area contributed by atoms with Crippen LogP contribution in [0.25, 0.3) is 22.4 Å². The lowest BCUT2D eigenvalue weighted by Gasteiger charge is -2.10. The topological polar surface area (TPSA) is 68.0 Å². The van der Waals surface area contributed by atoms with Crippen molar-refractivity contribution in [2.75, 3.05) is 5.32 Å². The Kier molecular flexibility index (Phi) is 6.15. The number of anilines is 1. The average molecular weight is 476 g/mol. The van der Waals surface area contributed by atoms with Crippen molar-refractivity contribution in [2.24, 2.45) is 0 Å². The molecule has 1 N–H and O–H groups in total. The van der Waals surface area contributed by atoms with E-state index in [-0.39, 0.29) is 29.1 Å². The van der Waals surface area contributed by atoms with Crippen molar-refractivity contribution >= 4 is 23.4 Å². The number of halogens is 5. The summed E-state index contributed by atoms with van der Waals surface area (Å²) in [7, 11) is 0. The van der Waals surface area contributed by atoms with Gasteiger partial charge in [-0.1, -0.05) is 35.0 Å². The molecule has 0 spiro atoms. The first kappa shape index (κ1) is 22.5. The number of hydrogen-bond acceptors (Lipinski definition) is 4. The maximum atomic E-state index is 14.7. The number of benzene rings is 2. The van der Waals surface area contributed by atoms with Crippen LogP contribution < -0.4 is 5.32 Å². The molecule has 33 heavy (non-hydrogen) atoms. The third-order valence-electron chi connectivity index (χ3n) is 4.77. The van der Waals surface area contributed by atoms with Gasteiger partial charge < -0.3 is 4.52 Å². The monoisotopic (exact) mass is 475 g/mol. The molecule has 0 aliphatic carbocycles. The van der Waals surface area contributed by atoms with Gasteiger partial charge in [0.25, 0.3) is 0 Å². The number of nitrogens with one attached hydrogen (secondary N) is 1. The minimum absolute atomic E-state index is 0.0690. The van der Waals surface area contributed by atoms with Crippen LogP contribution in [0.15, 0.2) is 71.5 Å². The van der Waals surface area contributed by atoms with E-state index >= 15 is 0 Å². The minimum atomic E-state index is -4.70. The molecule has 0 unspecified atom stereocenters. The van der Waals surface area contributed by atoms with Crippen LogP contribution >= 0.6 is 11.6 Å². The summed E-state index contributed by atoms with van der Waals surface area (Å²) in [6.45, 7) is 0. The van der Waals surface area contributed by atoms with Gasteiger partial charge in [0.2, 0.25) is 11.8 Å². The molecular formula is C23H14ClF4N3O2. The number of nitrogens with zero attached hydrogens (tertiary/aromatic N) is 2. The molecule has 0 radical (unpaired) electrons. The highest BCUT2D eigenvalue weighted by atomic mass is 35.5. The number of alkyl halides is 3. The summed E-state index contributed by atoms with van der Waals surface area (Å²) in [5.41, 5.74) is -0.176. The number of amides is 1. The van der Waals surface area contributed by atoms with Crippen molar-refractivity contribution in [3.05, 3.63) is 89.0 Å². The summed E-state index contributed by atoms with van der Waals surface area (Å²) in [4.78, 5) is 16.5. The molecule has 0 atom stereocenters. The normalized spacial score (nSPS) is 11.4. The molecule has 0 fully saturated rings. The molecule has 2 aromatic heterocycles. The molecule has 1 amide bonds. The highest BCUT2D eigenvalue weighted by Crippen LogP contribution is 2.40. The van der Waals surface area contributed by atoms with Gasteiger partial charge in [0, 0.05) is 23.0 Å². The number of hydrogen-bond donors (Lipinski definition) is 1. The van der Waals surface area contributed by atoms with E-state index in [1.54, 1.807) is 36.4 Å². The van der Waals surface area contributed by atoms with Gasteiger partial charge in [-0.05, 0) is 47.5 Å². The van der Waals surface area contributed by atoms with Crippen molar-refractivity contribution in [2.45, 2.75) is 12.6 Å². The minimum Gasteiger partial charge on any atom is -0.337 e. The molecule has 0 aliphatic heterocycles. The maximum Gasteiger partial charge on any atom is 0.416 e. The summed E-state index contributed by atoms with van der Waals surface area (Å²) in [5, 5.41) is 6.83. The van der Waals surface area contributed by atoms with Gasteiger partial charge in [-0.3, -0.25) is 15.1 Å². The van der Waals surface area contributed by atoms with E-state index in [4.69, 9.17) is 16.1 Å². The van der Waals surface area contributed by atoms with Crippen molar-refractivity contribution in [1.82, 2.24) is 10.1 Å². The van der Waals surface area contributed by atoms with Crippen LogP contribution in [0, 0.1) is 5.82 Å². The molecule has 4 rings (SSSR count). The third kappa shape index (κ3) is 4.88. The second-order valence-electron chi connectivity index (χ2n) is 6.98. The predicted octanol–water partition coefficient (Wildman–Crippen LogP) is 6.40. The fraction of sp³-hybridized carbons (Fsp3) is 0.0870. The zero-order chi connectivity index (χ0) is 23.6. The Hall–Kier alpha value is -3.72. The maximum absolute atomic E-state index is 14.7. The van der Waals surface area contributed by atoms with Gasteiger partial charge >= 0.3 is 6.18 Å². The lowest BCUT2D eigenvalue weighted by molar-refractivity contribution is -0.137. The van der Waals surface area contributed by atoms with Crippen LogP contribution in [0.3, 0.4) is 0 Å². The number of carbonyl (C=O) groups is 1. The first-order chi connectivity index (χ1) is 15.7. The molecular weight excluding hydrogens is 462 g/mol. The van der Waals surface area contributed by atoms with Gasteiger partial charge in [0.15, 0.2) is 0 Å². The van der Waals surface area contributed by atoms with Gasteiger partial charge in [0.05, 0.1) is 17.5 Å². The smallest absolute Gasteiger partial charge is 0.337 e. The number of carbonyl (C=O) groups excluding carboxylic acids is 1. The summed E-state index contributed by atoms with van der Waals surface area (Å²) in [6, 6.07) is 12.0. The molecule has 10 heteroatoms. The van der Waals surface area contributed by atoms with E-state index in [1.165, 1.54) is 12.4 Å². The van der Waals surface area contributed by atoms with Crippen molar-refractivity contribution in [1.29, 1.82) is 0 Å². The van der Waals surface area contributed by atoms with E-state index in [1.807, 2.05) is 0 Å². The molecule has 0 aliphatic rings. The van der Waals surface area contributed by atoms with Crippen LogP contribution in [0.1, 0.15) is 11.1 Å². The van der Waals surface area contributed by atoms with Crippen LogP contribution in [-0.4, -0.2) is 16.0 Å². The van der Waals surface area contributed by atoms with Crippen molar-refractivity contribution < 1.29 is 26.9 Å². The second-order valence-corrected chi connectivity index (χ2v) is 7.39. The van der Waals surface area contributed by atoms with Gasteiger partial charge in [0.1, 0.15) is 11.5 Å². The first-order valence-electron chi connectivity index (χ1n) is 9.54. The molecule has 2 heterocycles. The lowest BCUT2D eigenvalue weighted by Crippen LogP contribution is -2.14. The quantitative estimate of drug-likeness (QED) is 0.339. The van der Waals surface area contributed by atoms with E-state index in [9.17, 15) is 22.4 Å². The Morgan fingerprint density at radius 2 is 1.79 bits per heavy atom. The highest BCUT2D eigenvalue weighted by molar-refractivity contribution is 6.31. The predicted molar refractivity (Wildman–Crippen MR) is 114 cm³/mol. The number of aromatic nitrogens is 2. The fourth-order valence-corrected chi connectivity index (χ4v) is 3.42. The van der Waals surface area contributed by atoms with Crippen LogP contribution in [-0.2, 0) is 17.4 Å². The summed E-state index contributed by atoms with van der Waals surface area (Å²) in [5.74, 6) is -1.70. The van der Waals surface area contributed by atoms with E-state index in [0.29, 0.717) is 22.2 Å². The summed E-state index contributed by atoms with van der Waals surface area (Å²) < 4.78 is 58.8. The largest absolute Gasteiger partial charge is 0.416 e. The van der Waals surface area contributed by atoms with Crippen molar-refractivity contribution in [3.8, 4) is 22.4 Å². The lowest BCUT2D eigenvalue weighted by atomic mass is 10.00. The molecule has 168 valence electrons. The highest BCUT2D eigenvalue weighted by Gasteiger charge is 2.32. The molecule has 5 nitrogen and oxygen atoms in total. The molecule has 0 bridgehead atoms. The summed E-state index contributed by atoms with van der Waals surface area (Å²) in [6.07, 6.45) is -1.84. The van der Waals surface area contributed by atoms with Crippen LogP contribution in [0.4, 0.5) is 23.4 Å². The fourth-order valence-electron chi connectivity index (χ4n) is 3.21. The zero-order valence-electron chi connectivity index (χ0n) is 16.7. The van der Waals surface area contributed by atoms with E-state index in [0.717, 1.165) is 12.1 Å². The molecule has 0 saturated heterocycles. The average Bonchev–Trinajstić information content (AvgIpc) is 3.18. The Labute approximate surface area is 190 Å². The SMILES string of the molecule is O=C(Cc1ccccc1Cl)Nc1onc(-c2ccc(C(F)(F)F)cc2F)c1-c1ccncc1.